The molecular weight excluding hydrogens is 1350 g/mol. The molecular formula is C49H70BrIN12O12S6. The van der Waals surface area contributed by atoms with Crippen molar-refractivity contribution in [3.8, 4) is 0 Å². The summed E-state index contributed by atoms with van der Waals surface area (Å²) in [4.78, 5) is 67.8. The number of aromatic nitrogens is 12. The number of halogens is 2. The van der Waals surface area contributed by atoms with Crippen LogP contribution in [0.3, 0.4) is 0 Å². The van der Waals surface area contributed by atoms with E-state index in [1.54, 1.807) is 20.8 Å². The van der Waals surface area contributed by atoms with Gasteiger partial charge in [-0.15, -0.1) is 61.2 Å². The van der Waals surface area contributed by atoms with Gasteiger partial charge >= 0.3 is 35.8 Å². The number of esters is 6. The second kappa shape index (κ2) is 41.4. The average molecular weight is 1420 g/mol. The normalized spacial score (nSPS) is 11.7. The molecule has 24 nitrogen and oxygen atoms in total. The molecule has 448 valence electrons. The molecule has 0 bridgehead atoms. The highest BCUT2D eigenvalue weighted by Crippen LogP contribution is 2.22. The van der Waals surface area contributed by atoms with Crippen molar-refractivity contribution >= 4 is 142 Å². The minimum absolute atomic E-state index is 0.0930. The molecule has 6 aromatic heterocycles. The lowest BCUT2D eigenvalue weighted by molar-refractivity contribution is 0.00665. The van der Waals surface area contributed by atoms with Crippen molar-refractivity contribution in [2.24, 2.45) is 0 Å². The molecule has 6 heterocycles. The van der Waals surface area contributed by atoms with Crippen LogP contribution >= 0.6 is 107 Å². The summed E-state index contributed by atoms with van der Waals surface area (Å²) in [5, 5.41) is 52.2. The van der Waals surface area contributed by atoms with Gasteiger partial charge in [0.2, 0.25) is 30.0 Å². The number of aryl methyl sites for hydroxylation is 6. The maximum absolute atomic E-state index is 11.6. The molecule has 7 rings (SSSR count). The first-order chi connectivity index (χ1) is 38.6. The Kier molecular flexibility index (Phi) is 37.0. The SMILES string of the molecule is CCCCCCOC(=O)c1nnc(C)s1.CCCCCOC(=O)c1nnc(C)s1.Cc1nnc(C(=O)OC(C)(C)C)s1.Cc1nnc(C(=O)OC2CCCCC2)s1.Cc1nnc(C(=O)OCCCBr)s1.Cc1nnc(C(=O)OCI)s1. The molecule has 0 unspecified atom stereocenters. The third-order valence-corrected chi connectivity index (χ3v) is 15.1. The fraction of sp³-hybridized carbons (Fsp3) is 0.633. The number of alkyl halides is 2. The minimum atomic E-state index is -0.476. The molecule has 0 N–H and O–H groups in total. The van der Waals surface area contributed by atoms with E-state index in [-0.39, 0.29) is 30.0 Å². The lowest BCUT2D eigenvalue weighted by atomic mass is 9.98. The summed E-state index contributed by atoms with van der Waals surface area (Å²) in [6.45, 7) is 21.9. The summed E-state index contributed by atoms with van der Waals surface area (Å²) >= 11 is 12.7. The predicted molar refractivity (Wildman–Crippen MR) is 323 cm³/mol. The van der Waals surface area contributed by atoms with Crippen LogP contribution in [-0.4, -0.2) is 138 Å². The van der Waals surface area contributed by atoms with Gasteiger partial charge in [0, 0.05) is 5.33 Å². The first-order valence-electron chi connectivity index (χ1n) is 25.6. The van der Waals surface area contributed by atoms with Crippen molar-refractivity contribution in [3.05, 3.63) is 60.1 Å². The van der Waals surface area contributed by atoms with Crippen molar-refractivity contribution in [3.63, 3.8) is 0 Å². The summed E-state index contributed by atoms with van der Waals surface area (Å²) in [6, 6.07) is 0. The maximum Gasteiger partial charge on any atom is 0.370 e. The van der Waals surface area contributed by atoms with Crippen molar-refractivity contribution in [1.29, 1.82) is 0 Å². The smallest absolute Gasteiger partial charge is 0.370 e. The zero-order valence-electron chi connectivity index (χ0n) is 47.3. The van der Waals surface area contributed by atoms with E-state index >= 15 is 0 Å². The Hall–Kier alpha value is -4.61. The molecule has 1 fully saturated rings. The molecule has 0 aromatic carbocycles. The van der Waals surface area contributed by atoms with Crippen LogP contribution in [0, 0.1) is 41.5 Å². The molecule has 1 aliphatic rings. The monoisotopic (exact) mass is 1420 g/mol. The van der Waals surface area contributed by atoms with Crippen LogP contribution in [0.5, 0.6) is 0 Å². The van der Waals surface area contributed by atoms with Crippen LogP contribution in [0.15, 0.2) is 0 Å². The second-order valence-corrected chi connectivity index (χ2v) is 26.2. The van der Waals surface area contributed by atoms with Crippen molar-refractivity contribution in [2.75, 3.05) is 29.8 Å². The van der Waals surface area contributed by atoms with Crippen molar-refractivity contribution in [2.45, 2.75) is 171 Å². The van der Waals surface area contributed by atoms with Gasteiger partial charge in [0.25, 0.3) is 0 Å². The fourth-order valence-corrected chi connectivity index (χ4v) is 9.70. The largest absolute Gasteiger partial charge is 0.460 e. The molecule has 81 heavy (non-hydrogen) atoms. The summed E-state index contributed by atoms with van der Waals surface area (Å²) < 4.78 is 30.5. The fourth-order valence-electron chi connectivity index (χ4n) is 5.71. The molecule has 0 amide bonds. The Morgan fingerprint density at radius 2 is 0.753 bits per heavy atom. The van der Waals surface area contributed by atoms with Crippen LogP contribution in [-0.2, 0) is 28.4 Å². The zero-order chi connectivity index (χ0) is 60.2. The number of unbranched alkanes of at least 4 members (excludes halogenated alkanes) is 5. The van der Waals surface area contributed by atoms with Crippen molar-refractivity contribution in [1.82, 2.24) is 61.2 Å². The van der Waals surface area contributed by atoms with Gasteiger partial charge < -0.3 is 28.4 Å². The highest BCUT2D eigenvalue weighted by molar-refractivity contribution is 14.1. The third kappa shape index (κ3) is 32.7. The second-order valence-electron chi connectivity index (χ2n) is 17.7. The van der Waals surface area contributed by atoms with Gasteiger partial charge in [0.15, 0.2) is 0 Å². The van der Waals surface area contributed by atoms with E-state index in [2.05, 4.69) is 91.0 Å². The van der Waals surface area contributed by atoms with Crippen LogP contribution in [0.1, 0.15) is 207 Å². The Morgan fingerprint density at radius 1 is 0.444 bits per heavy atom. The van der Waals surface area contributed by atoms with Crippen LogP contribution < -0.4 is 0 Å². The number of rotatable bonds is 20. The summed E-state index contributed by atoms with van der Waals surface area (Å²) in [5.41, 5.74) is -0.476. The molecule has 0 atom stereocenters. The summed E-state index contributed by atoms with van der Waals surface area (Å²) in [5.74, 6) is -2.20. The Balaban J connectivity index is 0.000000333. The number of carbonyl (C=O) groups is 6. The topological polar surface area (TPSA) is 312 Å². The van der Waals surface area contributed by atoms with E-state index in [9.17, 15) is 28.8 Å². The van der Waals surface area contributed by atoms with Crippen molar-refractivity contribution < 1.29 is 57.2 Å². The Labute approximate surface area is 517 Å². The number of hydrogen-bond donors (Lipinski definition) is 0. The molecule has 0 radical (unpaired) electrons. The molecule has 6 aromatic rings. The summed E-state index contributed by atoms with van der Waals surface area (Å²) in [7, 11) is 0. The summed E-state index contributed by atoms with van der Waals surface area (Å²) in [6.07, 6.45) is 14.0. The molecule has 1 aliphatic carbocycles. The van der Waals surface area contributed by atoms with Crippen LogP contribution in [0.2, 0.25) is 0 Å². The quantitative estimate of drug-likeness (QED) is 0.0225. The highest BCUT2D eigenvalue weighted by Gasteiger charge is 2.22. The van der Waals surface area contributed by atoms with E-state index in [1.807, 2.05) is 64.1 Å². The Bertz CT molecular complexity index is 2780. The lowest BCUT2D eigenvalue weighted by Gasteiger charge is -2.20. The van der Waals surface area contributed by atoms with E-state index < -0.39 is 17.5 Å². The highest BCUT2D eigenvalue weighted by atomic mass is 127. The molecule has 32 heteroatoms. The van der Waals surface area contributed by atoms with Crippen LogP contribution in [0.4, 0.5) is 0 Å². The standard InChI is InChI=1S/C10H14N2O2S.C10H16N2O2S.C9H14N2O2S.C8H12N2O2S.C7H9BrN2O2S.C5H5IN2O2S/c1-7-11-12-9(15-7)10(13)14-8-5-3-2-4-6-8;1-3-4-5-6-7-14-10(13)9-12-11-8(2)15-9;1-3-4-5-6-13-9(12)8-11-10-7(2)14-8;1-5-9-10-6(13-5)7(11)12-8(2,3)4;1-5-9-10-6(13-5)7(11)12-4-2-3-8;1-3-7-8-4(11-3)5(9)10-2-6/h8H,2-6H2,1H3;3-7H2,1-2H3;3-6H2,1-2H3;1-4H3;2-4H2,1H3;2H2,1H3. The first-order valence-corrected chi connectivity index (χ1v) is 33.2. The van der Waals surface area contributed by atoms with Gasteiger partial charge in [-0.25, -0.2) is 28.8 Å². The van der Waals surface area contributed by atoms with Gasteiger partial charge in [-0.3, -0.25) is 0 Å². The van der Waals surface area contributed by atoms with Crippen LogP contribution in [0.25, 0.3) is 0 Å². The Morgan fingerprint density at radius 3 is 1.06 bits per heavy atom. The molecule has 0 aliphatic heterocycles. The van der Waals surface area contributed by atoms with E-state index in [0.29, 0.717) is 54.5 Å². The average Bonchev–Trinajstić information content (AvgIpc) is 4.32. The number of hydrogen-bond acceptors (Lipinski definition) is 30. The first kappa shape index (κ1) is 72.5. The van der Waals surface area contributed by atoms with E-state index in [0.717, 1.165) is 99.6 Å². The van der Waals surface area contributed by atoms with E-state index in [4.69, 9.17) is 28.4 Å². The number of ether oxygens (including phenoxy) is 6. The predicted octanol–water partition coefficient (Wildman–Crippen LogP) is 12.1. The molecule has 0 spiro atoms. The van der Waals surface area contributed by atoms with Gasteiger partial charge in [0.1, 0.15) is 46.4 Å². The van der Waals surface area contributed by atoms with Gasteiger partial charge in [-0.05, 0) is 130 Å². The molecule has 1 saturated carbocycles. The third-order valence-electron chi connectivity index (χ3n) is 9.34. The van der Waals surface area contributed by atoms with Gasteiger partial charge in [0.05, 0.1) is 19.8 Å². The zero-order valence-corrected chi connectivity index (χ0v) is 55.9. The van der Waals surface area contributed by atoms with E-state index in [1.165, 1.54) is 87.3 Å². The lowest BCUT2D eigenvalue weighted by Crippen LogP contribution is -2.23. The van der Waals surface area contributed by atoms with Gasteiger partial charge in [-0.2, -0.15) is 0 Å². The minimum Gasteiger partial charge on any atom is -0.460 e. The number of carbonyl (C=O) groups excluding carboxylic acids is 6. The van der Waals surface area contributed by atoms with Gasteiger partial charge in [-0.1, -0.05) is 136 Å². The number of nitrogens with zero attached hydrogens (tertiary/aromatic N) is 12. The maximum atomic E-state index is 11.6. The molecule has 0 saturated heterocycles.